The lowest BCUT2D eigenvalue weighted by Gasteiger charge is -2.32. The second kappa shape index (κ2) is 7.27. The lowest BCUT2D eigenvalue weighted by molar-refractivity contribution is 0.379. The van der Waals surface area contributed by atoms with Crippen molar-refractivity contribution in [1.82, 2.24) is 14.9 Å². The minimum atomic E-state index is 0.0128. The maximum atomic E-state index is 12.4. The average molecular weight is 356 g/mol. The van der Waals surface area contributed by atoms with Crippen LogP contribution in [0.5, 0.6) is 0 Å². The Hall–Kier alpha value is -2.08. The fraction of sp³-hybridized carbons (Fsp3) is 0.600. The van der Waals surface area contributed by atoms with Gasteiger partial charge in [0.25, 0.3) is 5.56 Å². The van der Waals surface area contributed by atoms with Crippen LogP contribution in [-0.4, -0.2) is 28.7 Å². The van der Waals surface area contributed by atoms with Gasteiger partial charge in [0.15, 0.2) is 5.82 Å². The Morgan fingerprint density at radius 2 is 2.08 bits per heavy atom. The Kier molecular flexibility index (Phi) is 4.85. The highest BCUT2D eigenvalue weighted by Crippen LogP contribution is 2.47. The van der Waals surface area contributed by atoms with Crippen molar-refractivity contribution in [1.29, 1.82) is 0 Å². The van der Waals surface area contributed by atoms with Crippen LogP contribution >= 0.6 is 0 Å². The molecule has 4 rings (SSSR count). The van der Waals surface area contributed by atoms with E-state index in [4.69, 9.17) is 4.42 Å². The number of rotatable bonds is 6. The summed E-state index contributed by atoms with van der Waals surface area (Å²) >= 11 is 0. The van der Waals surface area contributed by atoms with Gasteiger partial charge >= 0.3 is 0 Å². The van der Waals surface area contributed by atoms with E-state index in [1.807, 2.05) is 6.92 Å². The molecular formula is C20H28N4O2. The number of anilines is 1. The van der Waals surface area contributed by atoms with Gasteiger partial charge in [-0.25, -0.2) is 4.98 Å². The van der Waals surface area contributed by atoms with Crippen LogP contribution in [0.4, 0.5) is 5.82 Å². The third-order valence-electron chi connectivity index (χ3n) is 5.75. The van der Waals surface area contributed by atoms with Crippen LogP contribution in [0.1, 0.15) is 50.5 Å². The van der Waals surface area contributed by atoms with Gasteiger partial charge in [0.05, 0.1) is 6.54 Å². The normalized spacial score (nSPS) is 23.4. The first-order chi connectivity index (χ1) is 12.7. The summed E-state index contributed by atoms with van der Waals surface area (Å²) in [6, 6.07) is 4.69. The molecule has 0 aromatic carbocycles. The molecule has 2 aromatic heterocycles. The van der Waals surface area contributed by atoms with Crippen LogP contribution in [0.25, 0.3) is 0 Å². The molecule has 6 heteroatoms. The molecule has 0 spiro atoms. The molecule has 2 unspecified atom stereocenters. The van der Waals surface area contributed by atoms with Gasteiger partial charge in [0.1, 0.15) is 11.5 Å². The summed E-state index contributed by atoms with van der Waals surface area (Å²) in [4.78, 5) is 18.8. The molecule has 6 nitrogen and oxygen atoms in total. The Morgan fingerprint density at radius 3 is 2.77 bits per heavy atom. The first-order valence-corrected chi connectivity index (χ1v) is 9.78. The molecule has 3 heterocycles. The van der Waals surface area contributed by atoms with Crippen LogP contribution in [0, 0.1) is 5.92 Å². The third kappa shape index (κ3) is 3.56. The van der Waals surface area contributed by atoms with E-state index in [1.54, 1.807) is 17.0 Å². The Bertz CT molecular complexity index is 804. The highest BCUT2D eigenvalue weighted by atomic mass is 16.3. The molecule has 26 heavy (non-hydrogen) atoms. The van der Waals surface area contributed by atoms with Crippen molar-refractivity contribution in [3.8, 4) is 0 Å². The average Bonchev–Trinajstić information content (AvgIpc) is 3.21. The number of hydrogen-bond donors (Lipinski definition) is 1. The maximum Gasteiger partial charge on any atom is 0.293 e. The van der Waals surface area contributed by atoms with Crippen molar-refractivity contribution in [2.75, 3.05) is 18.0 Å². The van der Waals surface area contributed by atoms with E-state index >= 15 is 0 Å². The van der Waals surface area contributed by atoms with Crippen molar-refractivity contribution >= 4 is 5.82 Å². The Labute approximate surface area is 154 Å². The maximum absolute atomic E-state index is 12.4. The van der Waals surface area contributed by atoms with Crippen LogP contribution < -0.4 is 15.8 Å². The first kappa shape index (κ1) is 17.3. The standard InChI is InChI=1S/C20H28N4O2/c1-3-23-11-8-21-19(20(23)25)24-9-6-15(7-10-24)22-13-16-4-5-18(26-16)17-12-14(17)2/h4-5,8,11,14-15,17,22H,3,6-7,9-10,12-13H2,1-2H3. The van der Waals surface area contributed by atoms with Crippen molar-refractivity contribution < 1.29 is 4.42 Å². The summed E-state index contributed by atoms with van der Waals surface area (Å²) < 4.78 is 7.68. The molecule has 1 aliphatic heterocycles. The number of furan rings is 1. The minimum Gasteiger partial charge on any atom is -0.464 e. The number of hydrogen-bond acceptors (Lipinski definition) is 5. The lowest BCUT2D eigenvalue weighted by Crippen LogP contribution is -2.44. The number of aryl methyl sites for hydroxylation is 1. The molecule has 1 N–H and O–H groups in total. The van der Waals surface area contributed by atoms with Gasteiger partial charge in [-0.15, -0.1) is 0 Å². The van der Waals surface area contributed by atoms with Gasteiger partial charge in [0.2, 0.25) is 0 Å². The van der Waals surface area contributed by atoms with E-state index in [9.17, 15) is 4.79 Å². The highest BCUT2D eigenvalue weighted by molar-refractivity contribution is 5.36. The lowest BCUT2D eigenvalue weighted by atomic mass is 10.1. The molecule has 0 bridgehead atoms. The van der Waals surface area contributed by atoms with Crippen LogP contribution in [0.2, 0.25) is 0 Å². The van der Waals surface area contributed by atoms with E-state index < -0.39 is 0 Å². The topological polar surface area (TPSA) is 63.3 Å². The number of nitrogens with zero attached hydrogens (tertiary/aromatic N) is 3. The van der Waals surface area contributed by atoms with Gasteiger partial charge in [-0.3, -0.25) is 4.79 Å². The van der Waals surface area contributed by atoms with E-state index in [1.165, 1.54) is 6.42 Å². The zero-order chi connectivity index (χ0) is 18.1. The Balaban J connectivity index is 1.29. The van der Waals surface area contributed by atoms with E-state index in [-0.39, 0.29) is 5.56 Å². The third-order valence-corrected chi connectivity index (χ3v) is 5.75. The zero-order valence-electron chi connectivity index (χ0n) is 15.6. The highest BCUT2D eigenvalue weighted by Gasteiger charge is 2.36. The summed E-state index contributed by atoms with van der Waals surface area (Å²) in [5.74, 6) is 4.17. The monoisotopic (exact) mass is 356 g/mol. The molecule has 140 valence electrons. The van der Waals surface area contributed by atoms with Gasteiger partial charge in [-0.2, -0.15) is 0 Å². The van der Waals surface area contributed by atoms with Crippen LogP contribution in [0.15, 0.2) is 33.7 Å². The molecule has 2 atom stereocenters. The van der Waals surface area contributed by atoms with Crippen molar-refractivity contribution in [2.24, 2.45) is 5.92 Å². The molecule has 0 radical (unpaired) electrons. The predicted octanol–water partition coefficient (Wildman–Crippen LogP) is 2.74. The molecule has 2 aliphatic rings. The SMILES string of the molecule is CCn1ccnc(N2CCC(NCc3ccc(C4CC4C)o3)CC2)c1=O. The molecule has 0 amide bonds. The molecular weight excluding hydrogens is 328 g/mol. The number of aromatic nitrogens is 2. The first-order valence-electron chi connectivity index (χ1n) is 9.78. The van der Waals surface area contributed by atoms with Gasteiger partial charge < -0.3 is 19.2 Å². The summed E-state index contributed by atoms with van der Waals surface area (Å²) in [6.07, 6.45) is 6.75. The van der Waals surface area contributed by atoms with Crippen molar-refractivity contribution in [2.45, 2.75) is 58.2 Å². The van der Waals surface area contributed by atoms with Crippen LogP contribution in [0.3, 0.4) is 0 Å². The Morgan fingerprint density at radius 1 is 1.31 bits per heavy atom. The van der Waals surface area contributed by atoms with E-state index in [2.05, 4.69) is 34.3 Å². The fourth-order valence-electron chi connectivity index (χ4n) is 3.85. The molecule has 2 aromatic rings. The quantitative estimate of drug-likeness (QED) is 0.862. The molecule has 2 fully saturated rings. The second-order valence-corrected chi connectivity index (χ2v) is 7.61. The van der Waals surface area contributed by atoms with Gasteiger partial charge in [0, 0.05) is 44.0 Å². The molecule has 1 saturated carbocycles. The zero-order valence-corrected chi connectivity index (χ0v) is 15.6. The minimum absolute atomic E-state index is 0.0128. The van der Waals surface area contributed by atoms with Gasteiger partial charge in [-0.05, 0) is 44.2 Å². The summed E-state index contributed by atoms with van der Waals surface area (Å²) in [5.41, 5.74) is 0.0128. The number of piperidine rings is 1. The van der Waals surface area contributed by atoms with Crippen molar-refractivity contribution in [3.63, 3.8) is 0 Å². The smallest absolute Gasteiger partial charge is 0.293 e. The summed E-state index contributed by atoms with van der Waals surface area (Å²) in [7, 11) is 0. The second-order valence-electron chi connectivity index (χ2n) is 7.61. The largest absolute Gasteiger partial charge is 0.464 e. The van der Waals surface area contributed by atoms with E-state index in [0.717, 1.165) is 49.9 Å². The molecule has 1 saturated heterocycles. The summed E-state index contributed by atoms with van der Waals surface area (Å²) in [5, 5.41) is 3.61. The summed E-state index contributed by atoms with van der Waals surface area (Å²) in [6.45, 7) is 7.42. The van der Waals surface area contributed by atoms with Crippen LogP contribution in [-0.2, 0) is 13.1 Å². The van der Waals surface area contributed by atoms with Gasteiger partial charge in [-0.1, -0.05) is 6.92 Å². The number of nitrogens with one attached hydrogen (secondary N) is 1. The predicted molar refractivity (Wildman–Crippen MR) is 101 cm³/mol. The fourth-order valence-corrected chi connectivity index (χ4v) is 3.85. The van der Waals surface area contributed by atoms with E-state index in [0.29, 0.717) is 24.3 Å². The van der Waals surface area contributed by atoms with Crippen molar-refractivity contribution in [3.05, 3.63) is 46.4 Å². The molecule has 1 aliphatic carbocycles.